The first-order valence-corrected chi connectivity index (χ1v) is 7.01. The first kappa shape index (κ1) is 12.1. The van der Waals surface area contributed by atoms with Crippen LogP contribution in [0, 0.1) is 0 Å². The van der Waals surface area contributed by atoms with Crippen LogP contribution < -0.4 is 5.73 Å². The Kier molecular flexibility index (Phi) is 2.72. The Morgan fingerprint density at radius 1 is 0.905 bits per heavy atom. The first-order chi connectivity index (χ1) is 10.3. The molecule has 0 amide bonds. The second kappa shape index (κ2) is 4.72. The molecular weight excluding hydrogens is 258 g/mol. The van der Waals surface area contributed by atoms with Crippen LogP contribution in [0.25, 0.3) is 33.2 Å². The van der Waals surface area contributed by atoms with Gasteiger partial charge in [0, 0.05) is 12.1 Å². The average Bonchev–Trinajstić information content (AvgIpc) is 2.97. The van der Waals surface area contributed by atoms with E-state index in [1.54, 1.807) is 0 Å². The molecule has 3 nitrogen and oxygen atoms in total. The van der Waals surface area contributed by atoms with Gasteiger partial charge < -0.3 is 10.7 Å². The molecule has 1 aromatic heterocycles. The summed E-state index contributed by atoms with van der Waals surface area (Å²) in [5, 5.41) is 2.46. The van der Waals surface area contributed by atoms with Gasteiger partial charge in [0.25, 0.3) is 0 Å². The van der Waals surface area contributed by atoms with Gasteiger partial charge in [0.1, 0.15) is 5.82 Å². The number of imidazole rings is 1. The summed E-state index contributed by atoms with van der Waals surface area (Å²) in [6, 6.07) is 20.8. The van der Waals surface area contributed by atoms with Crippen molar-refractivity contribution in [2.24, 2.45) is 5.73 Å². The minimum atomic E-state index is 0.542. The molecule has 0 fully saturated rings. The number of benzene rings is 3. The van der Waals surface area contributed by atoms with Gasteiger partial charge in [-0.25, -0.2) is 4.98 Å². The molecule has 3 N–H and O–H groups in total. The fourth-order valence-corrected chi connectivity index (χ4v) is 2.66. The molecule has 0 unspecified atom stereocenters. The maximum Gasteiger partial charge on any atom is 0.138 e. The van der Waals surface area contributed by atoms with Crippen molar-refractivity contribution in [3.63, 3.8) is 0 Å². The van der Waals surface area contributed by atoms with E-state index in [1.807, 2.05) is 12.1 Å². The fourth-order valence-electron chi connectivity index (χ4n) is 2.66. The molecule has 3 heteroatoms. The van der Waals surface area contributed by atoms with Crippen LogP contribution in [-0.2, 0) is 6.54 Å². The molecule has 0 aliphatic heterocycles. The highest BCUT2D eigenvalue weighted by atomic mass is 14.9. The van der Waals surface area contributed by atoms with Gasteiger partial charge in [-0.05, 0) is 34.5 Å². The van der Waals surface area contributed by atoms with E-state index in [1.165, 1.54) is 10.8 Å². The topological polar surface area (TPSA) is 54.7 Å². The highest BCUT2D eigenvalue weighted by Crippen LogP contribution is 2.25. The number of nitrogens with one attached hydrogen (secondary N) is 1. The van der Waals surface area contributed by atoms with Crippen molar-refractivity contribution >= 4 is 21.8 Å². The van der Waals surface area contributed by atoms with Gasteiger partial charge in [0.2, 0.25) is 0 Å². The predicted octanol–water partition coefficient (Wildman–Crippen LogP) is 3.84. The molecule has 0 aliphatic carbocycles. The normalized spacial score (nSPS) is 11.3. The molecule has 102 valence electrons. The zero-order valence-corrected chi connectivity index (χ0v) is 11.5. The number of fused-ring (bicyclic) bond motifs is 2. The van der Waals surface area contributed by atoms with Crippen LogP contribution in [0.5, 0.6) is 0 Å². The number of hydrogen-bond donors (Lipinski definition) is 2. The van der Waals surface area contributed by atoms with E-state index in [4.69, 9.17) is 5.73 Å². The smallest absolute Gasteiger partial charge is 0.138 e. The third kappa shape index (κ3) is 2.08. The van der Waals surface area contributed by atoms with Gasteiger partial charge >= 0.3 is 0 Å². The van der Waals surface area contributed by atoms with Crippen molar-refractivity contribution in [1.29, 1.82) is 0 Å². The second-order valence-electron chi connectivity index (χ2n) is 5.20. The summed E-state index contributed by atoms with van der Waals surface area (Å²) in [5.41, 5.74) is 9.89. The van der Waals surface area contributed by atoms with Gasteiger partial charge in [-0.1, -0.05) is 42.5 Å². The third-order valence-electron chi connectivity index (χ3n) is 3.80. The van der Waals surface area contributed by atoms with Crippen LogP contribution in [0.3, 0.4) is 0 Å². The van der Waals surface area contributed by atoms with Crippen molar-refractivity contribution in [3.8, 4) is 11.4 Å². The summed E-state index contributed by atoms with van der Waals surface area (Å²) in [6.07, 6.45) is 0. The largest absolute Gasteiger partial charge is 0.338 e. The van der Waals surface area contributed by atoms with Gasteiger partial charge in [0.05, 0.1) is 11.0 Å². The van der Waals surface area contributed by atoms with E-state index in [-0.39, 0.29) is 0 Å². The molecule has 0 radical (unpaired) electrons. The summed E-state index contributed by atoms with van der Waals surface area (Å²) in [7, 11) is 0. The monoisotopic (exact) mass is 273 g/mol. The number of H-pyrrole nitrogens is 1. The maximum atomic E-state index is 5.69. The lowest BCUT2D eigenvalue weighted by atomic mass is 10.1. The van der Waals surface area contributed by atoms with E-state index in [0.717, 1.165) is 28.0 Å². The van der Waals surface area contributed by atoms with Crippen LogP contribution >= 0.6 is 0 Å². The Bertz CT molecular complexity index is 937. The molecule has 3 aromatic carbocycles. The lowest BCUT2D eigenvalue weighted by molar-refractivity contribution is 1.07. The number of hydrogen-bond acceptors (Lipinski definition) is 2. The van der Waals surface area contributed by atoms with Gasteiger partial charge in [-0.3, -0.25) is 0 Å². The quantitative estimate of drug-likeness (QED) is 0.583. The molecule has 1 heterocycles. The van der Waals surface area contributed by atoms with E-state index < -0.39 is 0 Å². The summed E-state index contributed by atoms with van der Waals surface area (Å²) in [4.78, 5) is 8.05. The van der Waals surface area contributed by atoms with E-state index in [2.05, 4.69) is 58.5 Å². The van der Waals surface area contributed by atoms with Crippen molar-refractivity contribution in [2.75, 3.05) is 0 Å². The molecule has 21 heavy (non-hydrogen) atoms. The standard InChI is InChI=1S/C18H15N3/c19-11-12-5-8-16-17(9-12)21-18(20-16)15-7-6-13-3-1-2-4-14(13)10-15/h1-10H,11,19H2,(H,20,21). The maximum absolute atomic E-state index is 5.69. The van der Waals surface area contributed by atoms with E-state index in [0.29, 0.717) is 6.54 Å². The Labute approximate surface area is 122 Å². The predicted molar refractivity (Wildman–Crippen MR) is 86.9 cm³/mol. The van der Waals surface area contributed by atoms with Crippen LogP contribution in [0.4, 0.5) is 0 Å². The van der Waals surface area contributed by atoms with Gasteiger partial charge in [0.15, 0.2) is 0 Å². The summed E-state index contributed by atoms with van der Waals surface area (Å²) >= 11 is 0. The summed E-state index contributed by atoms with van der Waals surface area (Å²) in [5.74, 6) is 0.893. The Hall–Kier alpha value is -2.65. The van der Waals surface area contributed by atoms with Crippen molar-refractivity contribution < 1.29 is 0 Å². The highest BCUT2D eigenvalue weighted by Gasteiger charge is 2.06. The Balaban J connectivity index is 1.87. The number of aromatic nitrogens is 2. The zero-order valence-electron chi connectivity index (χ0n) is 11.5. The molecule has 0 saturated heterocycles. The molecule has 4 aromatic rings. The molecule has 4 rings (SSSR count). The minimum Gasteiger partial charge on any atom is -0.338 e. The molecular formula is C18H15N3. The second-order valence-corrected chi connectivity index (χ2v) is 5.20. The zero-order chi connectivity index (χ0) is 14.2. The fraction of sp³-hybridized carbons (Fsp3) is 0.0556. The number of aromatic amines is 1. The third-order valence-corrected chi connectivity index (χ3v) is 3.80. The number of nitrogens with two attached hydrogens (primary N) is 1. The molecule has 0 bridgehead atoms. The van der Waals surface area contributed by atoms with E-state index >= 15 is 0 Å². The lowest BCUT2D eigenvalue weighted by Gasteiger charge is -2.00. The van der Waals surface area contributed by atoms with Crippen molar-refractivity contribution in [3.05, 3.63) is 66.2 Å². The lowest BCUT2D eigenvalue weighted by Crippen LogP contribution is -1.95. The van der Waals surface area contributed by atoms with Gasteiger partial charge in [-0.2, -0.15) is 0 Å². The van der Waals surface area contributed by atoms with Crippen LogP contribution in [0.15, 0.2) is 60.7 Å². The summed E-state index contributed by atoms with van der Waals surface area (Å²) in [6.45, 7) is 0.542. The Morgan fingerprint density at radius 2 is 1.76 bits per heavy atom. The molecule has 0 aliphatic rings. The average molecular weight is 273 g/mol. The van der Waals surface area contributed by atoms with Gasteiger partial charge in [-0.15, -0.1) is 0 Å². The highest BCUT2D eigenvalue weighted by molar-refractivity contribution is 5.88. The SMILES string of the molecule is NCc1ccc2nc(-c3ccc4ccccc4c3)[nH]c2c1. The number of rotatable bonds is 2. The molecule has 0 spiro atoms. The number of nitrogens with zero attached hydrogens (tertiary/aromatic N) is 1. The summed E-state index contributed by atoms with van der Waals surface area (Å²) < 4.78 is 0. The van der Waals surface area contributed by atoms with Crippen LogP contribution in [0.2, 0.25) is 0 Å². The Morgan fingerprint density at radius 3 is 2.62 bits per heavy atom. The van der Waals surface area contributed by atoms with E-state index in [9.17, 15) is 0 Å². The molecule has 0 atom stereocenters. The van der Waals surface area contributed by atoms with Crippen LogP contribution in [0.1, 0.15) is 5.56 Å². The van der Waals surface area contributed by atoms with Crippen molar-refractivity contribution in [1.82, 2.24) is 9.97 Å². The van der Waals surface area contributed by atoms with Crippen LogP contribution in [-0.4, -0.2) is 9.97 Å². The molecule has 0 saturated carbocycles. The minimum absolute atomic E-state index is 0.542. The first-order valence-electron chi connectivity index (χ1n) is 7.01. The van der Waals surface area contributed by atoms with Crippen molar-refractivity contribution in [2.45, 2.75) is 6.54 Å².